The highest BCUT2D eigenvalue weighted by molar-refractivity contribution is 6.01. The van der Waals surface area contributed by atoms with Crippen LogP contribution in [0.15, 0.2) is 29.8 Å². The fraction of sp³-hybridized carbons (Fsp3) is 0.417. The molecule has 6 heteroatoms. The summed E-state index contributed by atoms with van der Waals surface area (Å²) in [7, 11) is 0. The number of hydrogen-bond acceptors (Lipinski definition) is 4. The number of benzene rings is 1. The van der Waals surface area contributed by atoms with E-state index in [0.717, 1.165) is 16.8 Å². The van der Waals surface area contributed by atoms with Crippen LogP contribution in [0.1, 0.15) is 60.7 Å². The van der Waals surface area contributed by atoms with Gasteiger partial charge < -0.3 is 19.4 Å². The zero-order valence-corrected chi connectivity index (χ0v) is 17.5. The molecule has 0 saturated heterocycles. The predicted molar refractivity (Wildman–Crippen MR) is 114 cm³/mol. The summed E-state index contributed by atoms with van der Waals surface area (Å²) in [6.07, 6.45) is 7.93. The van der Waals surface area contributed by atoms with E-state index in [1.165, 1.54) is 37.8 Å². The molecule has 0 bridgehead atoms. The molecule has 1 aliphatic heterocycles. The summed E-state index contributed by atoms with van der Waals surface area (Å²) in [4.78, 5) is 12.6. The molecule has 1 saturated carbocycles. The Labute approximate surface area is 177 Å². The second-order valence-electron chi connectivity index (χ2n) is 8.03. The number of nitriles is 1. The molecule has 1 amide bonds. The lowest BCUT2D eigenvalue weighted by atomic mass is 9.95. The second-order valence-corrected chi connectivity index (χ2v) is 8.03. The molecular formula is C24H27N3O3. The Morgan fingerprint density at radius 2 is 1.97 bits per heavy atom. The number of ether oxygens (including phenoxy) is 2. The molecule has 6 nitrogen and oxygen atoms in total. The molecule has 1 fully saturated rings. The van der Waals surface area contributed by atoms with E-state index in [2.05, 4.69) is 35.9 Å². The van der Waals surface area contributed by atoms with Crippen molar-refractivity contribution in [1.29, 1.82) is 5.26 Å². The molecule has 1 aromatic heterocycles. The monoisotopic (exact) mass is 405 g/mol. The summed E-state index contributed by atoms with van der Waals surface area (Å²) in [5.41, 5.74) is 4.24. The molecule has 0 atom stereocenters. The zero-order valence-electron chi connectivity index (χ0n) is 17.5. The topological polar surface area (TPSA) is 76.3 Å². The van der Waals surface area contributed by atoms with Crippen LogP contribution in [0.25, 0.3) is 6.08 Å². The van der Waals surface area contributed by atoms with E-state index in [4.69, 9.17) is 9.47 Å². The lowest BCUT2D eigenvalue weighted by Crippen LogP contribution is -2.24. The van der Waals surface area contributed by atoms with Gasteiger partial charge in [-0.2, -0.15) is 5.26 Å². The van der Waals surface area contributed by atoms with Gasteiger partial charge in [-0.15, -0.1) is 0 Å². The van der Waals surface area contributed by atoms with Crippen LogP contribution in [-0.4, -0.2) is 17.3 Å². The number of aromatic nitrogens is 1. The molecule has 2 aromatic rings. The average Bonchev–Trinajstić information content (AvgIpc) is 3.34. The minimum atomic E-state index is -0.377. The van der Waals surface area contributed by atoms with Crippen LogP contribution >= 0.6 is 0 Å². The highest BCUT2D eigenvalue weighted by atomic mass is 16.7. The van der Waals surface area contributed by atoms with Gasteiger partial charge in [0.25, 0.3) is 5.91 Å². The van der Waals surface area contributed by atoms with Gasteiger partial charge in [0.1, 0.15) is 11.6 Å². The van der Waals surface area contributed by atoms with E-state index in [-0.39, 0.29) is 18.3 Å². The Morgan fingerprint density at radius 1 is 1.20 bits per heavy atom. The fourth-order valence-corrected chi connectivity index (χ4v) is 4.48. The molecule has 30 heavy (non-hydrogen) atoms. The largest absolute Gasteiger partial charge is 0.454 e. The van der Waals surface area contributed by atoms with Gasteiger partial charge in [0.05, 0.1) is 0 Å². The number of nitrogens with one attached hydrogen (secondary N) is 1. The number of fused-ring (bicyclic) bond motifs is 1. The summed E-state index contributed by atoms with van der Waals surface area (Å²) in [6, 6.07) is 10.2. The summed E-state index contributed by atoms with van der Waals surface area (Å²) < 4.78 is 13.1. The molecule has 4 rings (SSSR count). The van der Waals surface area contributed by atoms with Gasteiger partial charge in [-0.25, -0.2) is 0 Å². The summed E-state index contributed by atoms with van der Waals surface area (Å²) in [5, 5.41) is 12.4. The van der Waals surface area contributed by atoms with Crippen LogP contribution in [0.3, 0.4) is 0 Å². The highest BCUT2D eigenvalue weighted by Crippen LogP contribution is 2.33. The number of carbonyl (C=O) groups excluding carboxylic acids is 1. The van der Waals surface area contributed by atoms with Crippen molar-refractivity contribution in [2.75, 3.05) is 6.79 Å². The Balaban J connectivity index is 1.48. The third-order valence-corrected chi connectivity index (χ3v) is 6.02. The zero-order chi connectivity index (χ0) is 21.1. The van der Waals surface area contributed by atoms with Crippen LogP contribution in [0.4, 0.5) is 0 Å². The quantitative estimate of drug-likeness (QED) is 0.584. The van der Waals surface area contributed by atoms with E-state index in [0.29, 0.717) is 24.1 Å². The third kappa shape index (κ3) is 4.06. The van der Waals surface area contributed by atoms with Gasteiger partial charge in [-0.1, -0.05) is 25.3 Å². The number of rotatable bonds is 5. The molecule has 0 radical (unpaired) electrons. The molecular weight excluding hydrogens is 378 g/mol. The second kappa shape index (κ2) is 8.66. The predicted octanol–water partition coefficient (Wildman–Crippen LogP) is 4.56. The Bertz CT molecular complexity index is 1020. The standard InChI is InChI=1S/C24H27N3O3/c1-16-10-19(17(2)27(16)21-6-4-3-5-7-21)12-20(13-25)24(28)26-14-18-8-9-22-23(11-18)30-15-29-22/h8-12,21H,3-7,14-15H2,1-2H3,(H,26,28)/b20-12+. The maximum atomic E-state index is 12.6. The van der Waals surface area contributed by atoms with E-state index in [1.807, 2.05) is 18.2 Å². The molecule has 2 aliphatic rings. The summed E-state index contributed by atoms with van der Waals surface area (Å²) in [6.45, 7) is 4.71. The summed E-state index contributed by atoms with van der Waals surface area (Å²) >= 11 is 0. The van der Waals surface area contributed by atoms with Crippen molar-refractivity contribution in [1.82, 2.24) is 9.88 Å². The number of nitrogens with zero attached hydrogens (tertiary/aromatic N) is 2. The molecule has 1 aromatic carbocycles. The number of aryl methyl sites for hydroxylation is 1. The van der Waals surface area contributed by atoms with Crippen molar-refractivity contribution in [2.45, 2.75) is 58.5 Å². The van der Waals surface area contributed by atoms with Gasteiger partial charge in [-0.05, 0) is 62.1 Å². The molecule has 1 aliphatic carbocycles. The maximum absolute atomic E-state index is 12.6. The van der Waals surface area contributed by atoms with Gasteiger partial charge in [-0.3, -0.25) is 4.79 Å². The first kappa shape index (κ1) is 20.1. The van der Waals surface area contributed by atoms with Gasteiger partial charge in [0.2, 0.25) is 6.79 Å². The van der Waals surface area contributed by atoms with Crippen molar-refractivity contribution >= 4 is 12.0 Å². The minimum Gasteiger partial charge on any atom is -0.454 e. The normalized spacial score (nSPS) is 16.4. The molecule has 0 spiro atoms. The third-order valence-electron chi connectivity index (χ3n) is 6.02. The first-order valence-corrected chi connectivity index (χ1v) is 10.5. The lowest BCUT2D eigenvalue weighted by molar-refractivity contribution is -0.117. The van der Waals surface area contributed by atoms with Crippen molar-refractivity contribution < 1.29 is 14.3 Å². The number of carbonyl (C=O) groups is 1. The van der Waals surface area contributed by atoms with E-state index >= 15 is 0 Å². The van der Waals surface area contributed by atoms with Crippen LogP contribution in [0.5, 0.6) is 11.5 Å². The number of amides is 1. The fourth-order valence-electron chi connectivity index (χ4n) is 4.48. The SMILES string of the molecule is Cc1cc(/C=C(\C#N)C(=O)NCc2ccc3c(c2)OCO3)c(C)n1C1CCCCC1. The minimum absolute atomic E-state index is 0.111. The van der Waals surface area contributed by atoms with Crippen LogP contribution in [-0.2, 0) is 11.3 Å². The van der Waals surface area contributed by atoms with Gasteiger partial charge in [0, 0.05) is 24.0 Å². The van der Waals surface area contributed by atoms with Crippen LogP contribution in [0.2, 0.25) is 0 Å². The Kier molecular flexibility index (Phi) is 5.80. The van der Waals surface area contributed by atoms with Gasteiger partial charge in [0.15, 0.2) is 11.5 Å². The summed E-state index contributed by atoms with van der Waals surface area (Å²) in [5.74, 6) is 1.00. The van der Waals surface area contributed by atoms with Crippen LogP contribution < -0.4 is 14.8 Å². The molecule has 2 heterocycles. The average molecular weight is 405 g/mol. The highest BCUT2D eigenvalue weighted by Gasteiger charge is 2.20. The maximum Gasteiger partial charge on any atom is 0.262 e. The van der Waals surface area contributed by atoms with Gasteiger partial charge >= 0.3 is 0 Å². The first-order chi connectivity index (χ1) is 14.6. The van der Waals surface area contributed by atoms with Crippen molar-refractivity contribution in [3.63, 3.8) is 0 Å². The smallest absolute Gasteiger partial charge is 0.262 e. The van der Waals surface area contributed by atoms with Crippen molar-refractivity contribution in [3.8, 4) is 17.6 Å². The van der Waals surface area contributed by atoms with E-state index in [9.17, 15) is 10.1 Å². The van der Waals surface area contributed by atoms with Crippen LogP contribution in [0, 0.1) is 25.2 Å². The molecule has 0 unspecified atom stereocenters. The van der Waals surface area contributed by atoms with Crippen molar-refractivity contribution in [3.05, 3.63) is 52.4 Å². The van der Waals surface area contributed by atoms with E-state index < -0.39 is 0 Å². The van der Waals surface area contributed by atoms with Crippen molar-refractivity contribution in [2.24, 2.45) is 0 Å². The Hall–Kier alpha value is -3.20. The Morgan fingerprint density at radius 3 is 2.73 bits per heavy atom. The number of hydrogen-bond donors (Lipinski definition) is 1. The first-order valence-electron chi connectivity index (χ1n) is 10.5. The van der Waals surface area contributed by atoms with E-state index in [1.54, 1.807) is 6.08 Å². The molecule has 1 N–H and O–H groups in total. The molecule has 156 valence electrons. The lowest BCUT2D eigenvalue weighted by Gasteiger charge is -2.26.